The molecule has 0 atom stereocenters. The fourth-order valence-electron chi connectivity index (χ4n) is 2.03. The average molecular weight is 263 g/mol. The molecule has 0 spiro atoms. The molecule has 4 N–H and O–H groups in total. The zero-order valence-corrected chi connectivity index (χ0v) is 13.7. The molecule has 0 unspecified atom stereocenters. The van der Waals surface area contributed by atoms with Gasteiger partial charge in [-0.15, -0.1) is 0 Å². The molecule has 0 fully saturated rings. The van der Waals surface area contributed by atoms with E-state index in [-0.39, 0.29) is 0 Å². The maximum absolute atomic E-state index is 6.29. The van der Waals surface area contributed by atoms with Gasteiger partial charge in [0, 0.05) is 0 Å². The van der Waals surface area contributed by atoms with Gasteiger partial charge in [0.2, 0.25) is 0 Å². The molecule has 0 saturated carbocycles. The summed E-state index contributed by atoms with van der Waals surface area (Å²) in [6.07, 6.45) is 2.36. The lowest BCUT2D eigenvalue weighted by molar-refractivity contribution is 0.485. The quantitative estimate of drug-likeness (QED) is 0.660. The first-order valence-corrected chi connectivity index (χ1v) is 12.8. The second-order valence-corrected chi connectivity index (χ2v) is 15.3. The van der Waals surface area contributed by atoms with Crippen molar-refractivity contribution in [1.29, 1.82) is 0 Å². The fourth-order valence-corrected chi connectivity index (χ4v) is 10.1. The minimum atomic E-state index is -1.45. The van der Waals surface area contributed by atoms with Crippen LogP contribution in [0.4, 0.5) is 0 Å². The summed E-state index contributed by atoms with van der Waals surface area (Å²) in [5.74, 6) is 0.497. The van der Waals surface area contributed by atoms with E-state index in [1.54, 1.807) is 0 Å². The summed E-state index contributed by atoms with van der Waals surface area (Å²) < 4.78 is 6.29. The molecule has 0 heterocycles. The Balaban J connectivity index is 3.90. The van der Waals surface area contributed by atoms with Crippen molar-refractivity contribution in [3.8, 4) is 0 Å². The van der Waals surface area contributed by atoms with Gasteiger partial charge in [-0.25, -0.2) is 0 Å². The molecule has 0 aliphatic rings. The van der Waals surface area contributed by atoms with Gasteiger partial charge in [0.15, 0.2) is 16.6 Å². The number of hydrogen-bond donors (Lipinski definition) is 2. The lowest BCUT2D eigenvalue weighted by atomic mass is 10.1. The van der Waals surface area contributed by atoms with Crippen molar-refractivity contribution < 1.29 is 4.12 Å². The molecule has 5 heteroatoms. The predicted octanol–water partition coefficient (Wildman–Crippen LogP) is 2.36. The van der Waals surface area contributed by atoms with Crippen molar-refractivity contribution in [2.45, 2.75) is 51.6 Å². The van der Waals surface area contributed by atoms with Gasteiger partial charge >= 0.3 is 0 Å². The Kier molecular flexibility index (Phi) is 7.04. The van der Waals surface area contributed by atoms with Crippen molar-refractivity contribution in [3.05, 3.63) is 0 Å². The van der Waals surface area contributed by atoms with E-state index in [4.69, 9.17) is 15.6 Å². The van der Waals surface area contributed by atoms with Gasteiger partial charge in [-0.2, -0.15) is 0 Å². The van der Waals surface area contributed by atoms with Crippen LogP contribution in [-0.4, -0.2) is 29.7 Å². The van der Waals surface area contributed by atoms with E-state index >= 15 is 0 Å². The molecule has 0 bridgehead atoms. The highest BCUT2D eigenvalue weighted by molar-refractivity contribution is 6.84. The maximum Gasteiger partial charge on any atom is 0.173 e. The van der Waals surface area contributed by atoms with Gasteiger partial charge in [0.05, 0.1) is 0 Å². The summed E-state index contributed by atoms with van der Waals surface area (Å²) in [7, 11) is -2.83. The molecule has 98 valence electrons. The third kappa shape index (κ3) is 8.46. The van der Waals surface area contributed by atoms with Gasteiger partial charge in [-0.1, -0.05) is 6.42 Å². The zero-order valence-electron chi connectivity index (χ0n) is 11.7. The third-order valence-electron chi connectivity index (χ3n) is 2.64. The first-order chi connectivity index (χ1) is 7.20. The molecule has 0 aromatic rings. The Bertz CT molecular complexity index is 189. The molecule has 0 aliphatic heterocycles. The predicted molar refractivity (Wildman–Crippen MR) is 77.6 cm³/mol. The molecule has 16 heavy (non-hydrogen) atoms. The van der Waals surface area contributed by atoms with E-state index in [0.29, 0.717) is 19.0 Å². The summed E-state index contributed by atoms with van der Waals surface area (Å²) in [6, 6.07) is 1.23. The van der Waals surface area contributed by atoms with Crippen LogP contribution < -0.4 is 11.5 Å². The van der Waals surface area contributed by atoms with Crippen LogP contribution in [0.3, 0.4) is 0 Å². The standard InChI is InChI=1S/C11H30N2OSi2/c1-15(2,3)14-16(4,5)8-6-7-11(9-12)10-13/h11H,6-10,12-13H2,1-5H3. The van der Waals surface area contributed by atoms with Crippen LogP contribution in [0.25, 0.3) is 0 Å². The molecule has 0 aliphatic carbocycles. The molecule has 0 rings (SSSR count). The van der Waals surface area contributed by atoms with Gasteiger partial charge in [-0.05, 0) is 64.2 Å². The van der Waals surface area contributed by atoms with Gasteiger partial charge in [0.1, 0.15) is 0 Å². The van der Waals surface area contributed by atoms with Gasteiger partial charge < -0.3 is 15.6 Å². The minimum absolute atomic E-state index is 0.497. The van der Waals surface area contributed by atoms with Crippen LogP contribution in [0.1, 0.15) is 12.8 Å². The van der Waals surface area contributed by atoms with Crippen LogP contribution in [0.5, 0.6) is 0 Å². The SMILES string of the molecule is C[Si](C)(C)O[Si](C)(C)CCCC(CN)CN. The van der Waals surface area contributed by atoms with Crippen molar-refractivity contribution in [2.24, 2.45) is 17.4 Å². The van der Waals surface area contributed by atoms with Crippen molar-refractivity contribution in [3.63, 3.8) is 0 Å². The van der Waals surface area contributed by atoms with E-state index in [1.165, 1.54) is 12.5 Å². The monoisotopic (exact) mass is 262 g/mol. The second-order valence-electron chi connectivity index (χ2n) is 6.20. The molecule has 3 nitrogen and oxygen atoms in total. The van der Waals surface area contributed by atoms with Crippen molar-refractivity contribution >= 4 is 16.6 Å². The van der Waals surface area contributed by atoms with Crippen molar-refractivity contribution in [2.75, 3.05) is 13.1 Å². The topological polar surface area (TPSA) is 61.3 Å². The van der Waals surface area contributed by atoms with E-state index in [1.807, 2.05) is 0 Å². The van der Waals surface area contributed by atoms with Gasteiger partial charge in [0.25, 0.3) is 0 Å². The molecule has 0 aromatic carbocycles. The van der Waals surface area contributed by atoms with Crippen LogP contribution in [0.15, 0.2) is 0 Å². The molecule has 0 amide bonds. The molecule has 0 saturated heterocycles. The van der Waals surface area contributed by atoms with Crippen LogP contribution in [0.2, 0.25) is 38.8 Å². The Hall–Kier alpha value is 0.314. The first-order valence-electron chi connectivity index (χ1n) is 6.30. The largest absolute Gasteiger partial charge is 0.456 e. The summed E-state index contributed by atoms with van der Waals surface area (Å²) in [5.41, 5.74) is 11.3. The second kappa shape index (κ2) is 6.91. The first kappa shape index (κ1) is 16.3. The van der Waals surface area contributed by atoms with Crippen LogP contribution in [-0.2, 0) is 4.12 Å². The van der Waals surface area contributed by atoms with E-state index in [0.717, 1.165) is 6.42 Å². The van der Waals surface area contributed by atoms with E-state index in [2.05, 4.69) is 32.7 Å². The minimum Gasteiger partial charge on any atom is -0.456 e. The Labute approximate surface area is 103 Å². The van der Waals surface area contributed by atoms with Gasteiger partial charge in [-0.3, -0.25) is 0 Å². The summed E-state index contributed by atoms with van der Waals surface area (Å²) in [4.78, 5) is 0. The van der Waals surface area contributed by atoms with Crippen LogP contribution in [0, 0.1) is 5.92 Å². The maximum atomic E-state index is 6.29. The number of nitrogens with two attached hydrogens (primary N) is 2. The summed E-state index contributed by atoms with van der Waals surface area (Å²) >= 11 is 0. The zero-order chi connectivity index (χ0) is 12.8. The lowest BCUT2D eigenvalue weighted by Gasteiger charge is -2.31. The summed E-state index contributed by atoms with van der Waals surface area (Å²) in [5, 5.41) is 0. The summed E-state index contributed by atoms with van der Waals surface area (Å²) in [6.45, 7) is 12.9. The molecular formula is C11H30N2OSi2. The number of hydrogen-bond acceptors (Lipinski definition) is 3. The lowest BCUT2D eigenvalue weighted by Crippen LogP contribution is -2.42. The van der Waals surface area contributed by atoms with Crippen LogP contribution >= 0.6 is 0 Å². The fraction of sp³-hybridized carbons (Fsp3) is 1.00. The molecular weight excluding hydrogens is 232 g/mol. The van der Waals surface area contributed by atoms with E-state index < -0.39 is 16.6 Å². The Morgan fingerprint density at radius 3 is 1.88 bits per heavy atom. The average Bonchev–Trinajstić information content (AvgIpc) is 2.08. The smallest absolute Gasteiger partial charge is 0.173 e. The molecule has 0 radical (unpaired) electrons. The highest BCUT2D eigenvalue weighted by Gasteiger charge is 2.29. The highest BCUT2D eigenvalue weighted by atomic mass is 28.4. The Morgan fingerprint density at radius 2 is 1.50 bits per heavy atom. The molecule has 0 aromatic heterocycles. The number of rotatable bonds is 8. The highest BCUT2D eigenvalue weighted by Crippen LogP contribution is 2.21. The van der Waals surface area contributed by atoms with E-state index in [9.17, 15) is 0 Å². The Morgan fingerprint density at radius 1 is 1.00 bits per heavy atom. The normalized spacial score (nSPS) is 13.5. The third-order valence-corrected chi connectivity index (χ3v) is 8.86. The van der Waals surface area contributed by atoms with Crippen molar-refractivity contribution in [1.82, 2.24) is 0 Å².